The van der Waals surface area contributed by atoms with Crippen LogP contribution in [0, 0.1) is 12.3 Å². The highest BCUT2D eigenvalue weighted by molar-refractivity contribution is 4.88. The van der Waals surface area contributed by atoms with Crippen LogP contribution in [0.3, 0.4) is 0 Å². The van der Waals surface area contributed by atoms with Gasteiger partial charge in [0.05, 0.1) is 13.2 Å². The van der Waals surface area contributed by atoms with Crippen LogP contribution in [0.1, 0.15) is 39.5 Å². The van der Waals surface area contributed by atoms with Gasteiger partial charge in [-0.05, 0) is 18.8 Å². The summed E-state index contributed by atoms with van der Waals surface area (Å²) in [5.74, 6) is 2.48. The third-order valence-electron chi connectivity index (χ3n) is 1.67. The highest BCUT2D eigenvalue weighted by Crippen LogP contribution is 1.98. The Balaban J connectivity index is 3.36. The summed E-state index contributed by atoms with van der Waals surface area (Å²) in [7, 11) is 0. The predicted molar refractivity (Wildman–Crippen MR) is 54.3 cm³/mol. The molecule has 0 aromatic rings. The zero-order valence-electron chi connectivity index (χ0n) is 8.71. The van der Waals surface area contributed by atoms with Crippen molar-refractivity contribution in [1.29, 1.82) is 0 Å². The fourth-order valence-corrected chi connectivity index (χ4v) is 0.814. The molecule has 13 heavy (non-hydrogen) atoms. The van der Waals surface area contributed by atoms with Crippen molar-refractivity contribution in [3.63, 3.8) is 0 Å². The number of rotatable bonds is 8. The Morgan fingerprint density at radius 1 is 1.08 bits per heavy atom. The molecule has 0 aliphatic carbocycles. The average Bonchev–Trinajstić information content (AvgIpc) is 2.16. The fourth-order valence-electron chi connectivity index (χ4n) is 0.814. The molecule has 0 aromatic carbocycles. The van der Waals surface area contributed by atoms with Crippen LogP contribution in [0.25, 0.3) is 0 Å². The van der Waals surface area contributed by atoms with Crippen LogP contribution in [-0.2, 0) is 9.47 Å². The van der Waals surface area contributed by atoms with Crippen LogP contribution in [0.4, 0.5) is 0 Å². The Morgan fingerprint density at radius 3 is 1.85 bits per heavy atom. The summed E-state index contributed by atoms with van der Waals surface area (Å²) in [6, 6.07) is 0. The van der Waals surface area contributed by atoms with Crippen molar-refractivity contribution in [2.24, 2.45) is 0 Å². The second-order valence-electron chi connectivity index (χ2n) is 2.95. The summed E-state index contributed by atoms with van der Waals surface area (Å²) in [5, 5.41) is 0. The van der Waals surface area contributed by atoms with Gasteiger partial charge in [-0.3, -0.25) is 0 Å². The van der Waals surface area contributed by atoms with Gasteiger partial charge in [0.15, 0.2) is 0 Å². The summed E-state index contributed by atoms with van der Waals surface area (Å²) >= 11 is 0. The van der Waals surface area contributed by atoms with E-state index in [-0.39, 0.29) is 0 Å². The Hall–Kier alpha value is -0.520. The van der Waals surface area contributed by atoms with Crippen LogP contribution < -0.4 is 0 Å². The summed E-state index contributed by atoms with van der Waals surface area (Å²) in [4.78, 5) is 0. The molecule has 0 aromatic heterocycles. The van der Waals surface area contributed by atoms with Crippen molar-refractivity contribution in [3.8, 4) is 12.3 Å². The van der Waals surface area contributed by atoms with E-state index in [0.717, 1.165) is 25.7 Å². The Bertz CT molecular complexity index is 128. The molecule has 0 unspecified atom stereocenters. The maximum atomic E-state index is 5.32. The molecule has 0 rings (SSSR count). The Labute approximate surface area is 81.6 Å². The fraction of sp³-hybridized carbons (Fsp3) is 0.818. The molecule has 0 bridgehead atoms. The molecule has 0 heterocycles. The number of terminal acetylenes is 1. The van der Waals surface area contributed by atoms with E-state index in [9.17, 15) is 0 Å². The molecule has 0 amide bonds. The molecule has 2 heteroatoms. The molecular weight excluding hydrogens is 164 g/mol. The second-order valence-corrected chi connectivity index (χ2v) is 2.95. The first-order valence-corrected chi connectivity index (χ1v) is 5.04. The number of ether oxygens (including phenoxy) is 2. The largest absolute Gasteiger partial charge is 0.342 e. The van der Waals surface area contributed by atoms with E-state index >= 15 is 0 Å². The topological polar surface area (TPSA) is 18.5 Å². The minimum absolute atomic E-state index is 0.446. The maximum Gasteiger partial charge on any atom is 0.222 e. The van der Waals surface area contributed by atoms with Crippen LogP contribution >= 0.6 is 0 Å². The minimum atomic E-state index is -0.446. The van der Waals surface area contributed by atoms with Gasteiger partial charge < -0.3 is 9.47 Å². The lowest BCUT2D eigenvalue weighted by atomic mass is 10.3. The first-order valence-electron chi connectivity index (χ1n) is 5.04. The van der Waals surface area contributed by atoms with Crippen molar-refractivity contribution < 1.29 is 9.47 Å². The van der Waals surface area contributed by atoms with E-state index in [1.807, 2.05) is 0 Å². The van der Waals surface area contributed by atoms with Gasteiger partial charge in [0.25, 0.3) is 0 Å². The first-order chi connectivity index (χ1) is 6.35. The van der Waals surface area contributed by atoms with Crippen molar-refractivity contribution in [1.82, 2.24) is 0 Å². The average molecular weight is 184 g/mol. The SMILES string of the molecule is C#CC(OCCCC)OCCCC. The molecule has 2 nitrogen and oxygen atoms in total. The van der Waals surface area contributed by atoms with Gasteiger partial charge in [0.2, 0.25) is 6.29 Å². The number of hydrogen-bond donors (Lipinski definition) is 0. The van der Waals surface area contributed by atoms with Gasteiger partial charge in [-0.2, -0.15) is 0 Å². The molecule has 0 fully saturated rings. The monoisotopic (exact) mass is 184 g/mol. The number of hydrogen-bond acceptors (Lipinski definition) is 2. The Morgan fingerprint density at radius 2 is 1.54 bits per heavy atom. The van der Waals surface area contributed by atoms with Gasteiger partial charge in [0, 0.05) is 0 Å². The lowest BCUT2D eigenvalue weighted by Crippen LogP contribution is -2.16. The van der Waals surface area contributed by atoms with Crippen molar-refractivity contribution in [2.75, 3.05) is 13.2 Å². The van der Waals surface area contributed by atoms with Gasteiger partial charge in [-0.15, -0.1) is 6.42 Å². The summed E-state index contributed by atoms with van der Waals surface area (Å²) < 4.78 is 10.6. The molecule has 0 saturated heterocycles. The van der Waals surface area contributed by atoms with E-state index in [0.29, 0.717) is 13.2 Å². The lowest BCUT2D eigenvalue weighted by Gasteiger charge is -2.12. The molecule has 0 spiro atoms. The summed E-state index contributed by atoms with van der Waals surface area (Å²) in [6.45, 7) is 5.62. The molecule has 0 N–H and O–H groups in total. The number of unbranched alkanes of at least 4 members (excludes halogenated alkanes) is 2. The third kappa shape index (κ3) is 7.83. The van der Waals surface area contributed by atoms with Crippen LogP contribution in [0.5, 0.6) is 0 Å². The first kappa shape index (κ1) is 12.5. The summed E-state index contributed by atoms with van der Waals surface area (Å²) in [5.41, 5.74) is 0. The molecule has 0 atom stereocenters. The molecule has 0 aliphatic heterocycles. The molecule has 0 saturated carbocycles. The zero-order valence-corrected chi connectivity index (χ0v) is 8.71. The minimum Gasteiger partial charge on any atom is -0.342 e. The van der Waals surface area contributed by atoms with Gasteiger partial charge in [0.1, 0.15) is 0 Å². The van der Waals surface area contributed by atoms with E-state index in [1.165, 1.54) is 0 Å². The molecule has 0 aliphatic rings. The van der Waals surface area contributed by atoms with Crippen molar-refractivity contribution in [2.45, 2.75) is 45.8 Å². The summed E-state index contributed by atoms with van der Waals surface area (Å²) in [6.07, 6.45) is 9.10. The van der Waals surface area contributed by atoms with Crippen molar-refractivity contribution >= 4 is 0 Å². The highest BCUT2D eigenvalue weighted by atomic mass is 16.7. The highest BCUT2D eigenvalue weighted by Gasteiger charge is 2.03. The lowest BCUT2D eigenvalue weighted by molar-refractivity contribution is -0.106. The van der Waals surface area contributed by atoms with E-state index in [1.54, 1.807) is 0 Å². The van der Waals surface area contributed by atoms with Gasteiger partial charge in [-0.25, -0.2) is 0 Å². The standard InChI is InChI=1S/C11H20O2/c1-4-7-9-12-11(6-3)13-10-8-5-2/h3,11H,4-5,7-10H2,1-2H3. The smallest absolute Gasteiger partial charge is 0.222 e. The maximum absolute atomic E-state index is 5.32. The Kier molecular flexibility index (Phi) is 9.18. The second kappa shape index (κ2) is 9.57. The predicted octanol–water partition coefficient (Wildman–Crippen LogP) is 2.58. The third-order valence-corrected chi connectivity index (χ3v) is 1.67. The zero-order chi connectivity index (χ0) is 9.94. The van der Waals surface area contributed by atoms with Crippen LogP contribution in [0.2, 0.25) is 0 Å². The van der Waals surface area contributed by atoms with Gasteiger partial charge >= 0.3 is 0 Å². The van der Waals surface area contributed by atoms with E-state index in [2.05, 4.69) is 19.8 Å². The quantitative estimate of drug-likeness (QED) is 0.328. The van der Waals surface area contributed by atoms with E-state index < -0.39 is 6.29 Å². The molecule has 76 valence electrons. The normalized spacial score (nSPS) is 10.3. The van der Waals surface area contributed by atoms with Crippen molar-refractivity contribution in [3.05, 3.63) is 0 Å². The molecule has 0 radical (unpaired) electrons. The van der Waals surface area contributed by atoms with Crippen LogP contribution in [0.15, 0.2) is 0 Å². The van der Waals surface area contributed by atoms with Crippen LogP contribution in [-0.4, -0.2) is 19.5 Å². The van der Waals surface area contributed by atoms with E-state index in [4.69, 9.17) is 15.9 Å². The molecular formula is C11H20O2. The van der Waals surface area contributed by atoms with Gasteiger partial charge in [-0.1, -0.05) is 26.7 Å².